The first kappa shape index (κ1) is 13.9. The van der Waals surface area contributed by atoms with Crippen LogP contribution < -0.4 is 10.9 Å². The Hall–Kier alpha value is -1.69. The number of carbonyl (C=O) groups is 1. The van der Waals surface area contributed by atoms with Gasteiger partial charge in [-0.3, -0.25) is 4.79 Å². The largest absolute Gasteiger partial charge is 0.337 e. The van der Waals surface area contributed by atoms with E-state index in [0.29, 0.717) is 0 Å². The Bertz CT molecular complexity index is 670. The molecule has 1 amide bonds. The Morgan fingerprint density at radius 1 is 1.14 bits per heavy atom. The van der Waals surface area contributed by atoms with Crippen LogP contribution in [0.4, 0.5) is 0 Å². The van der Waals surface area contributed by atoms with Crippen molar-refractivity contribution in [3.05, 3.63) is 57.8 Å². The highest BCUT2D eigenvalue weighted by Gasteiger charge is 2.34. The number of carbonyl (C=O) groups excluding carboxylic acids is 1. The summed E-state index contributed by atoms with van der Waals surface area (Å²) in [4.78, 5) is 16.0. The van der Waals surface area contributed by atoms with E-state index in [2.05, 4.69) is 52.6 Å². The van der Waals surface area contributed by atoms with Crippen LogP contribution in [0, 0.1) is 0 Å². The Morgan fingerprint density at radius 3 is 2.82 bits per heavy atom. The van der Waals surface area contributed by atoms with Crippen LogP contribution in [-0.2, 0) is 17.8 Å². The third-order valence-corrected chi connectivity index (χ3v) is 5.52. The number of nitrogens with zero attached hydrogens (tertiary/aromatic N) is 1. The van der Waals surface area contributed by atoms with Crippen LogP contribution in [0.25, 0.3) is 0 Å². The molecule has 114 valence electrons. The number of rotatable bonds is 2. The molecule has 0 aliphatic carbocycles. The lowest BCUT2D eigenvalue weighted by Crippen LogP contribution is -2.47. The second-order valence-electron chi connectivity index (χ2n) is 5.92. The van der Waals surface area contributed by atoms with Crippen molar-refractivity contribution in [1.82, 2.24) is 15.8 Å². The molecule has 0 spiro atoms. The van der Waals surface area contributed by atoms with Gasteiger partial charge in [-0.15, -0.1) is 11.3 Å². The van der Waals surface area contributed by atoms with Crippen LogP contribution in [0.15, 0.2) is 41.8 Å². The number of amides is 1. The van der Waals surface area contributed by atoms with E-state index in [1.807, 2.05) is 4.90 Å². The fourth-order valence-electron chi connectivity index (χ4n) is 3.30. The highest BCUT2D eigenvalue weighted by Crippen LogP contribution is 2.27. The molecule has 5 heteroatoms. The first-order valence-electron chi connectivity index (χ1n) is 7.71. The predicted molar refractivity (Wildman–Crippen MR) is 87.3 cm³/mol. The maximum atomic E-state index is 12.8. The van der Waals surface area contributed by atoms with Crippen molar-refractivity contribution >= 4 is 17.2 Å². The third kappa shape index (κ3) is 2.56. The molecule has 22 heavy (non-hydrogen) atoms. The second kappa shape index (κ2) is 5.83. The molecule has 2 N–H and O–H groups in total. The summed E-state index contributed by atoms with van der Waals surface area (Å²) in [6.07, 6.45) is 1.77. The lowest BCUT2D eigenvalue weighted by Gasteiger charge is -2.30. The van der Waals surface area contributed by atoms with Crippen molar-refractivity contribution in [1.29, 1.82) is 0 Å². The molecule has 3 heterocycles. The molecular formula is C17H19N3OS. The number of thiophene rings is 1. The van der Waals surface area contributed by atoms with Gasteiger partial charge in [0.2, 0.25) is 5.91 Å². The Labute approximate surface area is 134 Å². The summed E-state index contributed by atoms with van der Waals surface area (Å²) < 4.78 is 0. The number of hydrazine groups is 1. The normalized spacial score (nSPS) is 24.3. The van der Waals surface area contributed by atoms with Crippen molar-refractivity contribution in [2.75, 3.05) is 6.54 Å². The second-order valence-corrected chi connectivity index (χ2v) is 6.90. The number of nitrogens with one attached hydrogen (secondary N) is 2. The summed E-state index contributed by atoms with van der Waals surface area (Å²) in [5.41, 5.74) is 9.10. The van der Waals surface area contributed by atoms with Crippen LogP contribution in [0.2, 0.25) is 0 Å². The van der Waals surface area contributed by atoms with E-state index in [4.69, 9.17) is 0 Å². The zero-order chi connectivity index (χ0) is 14.9. The maximum Gasteiger partial charge on any atom is 0.241 e. The first-order chi connectivity index (χ1) is 10.8. The summed E-state index contributed by atoms with van der Waals surface area (Å²) in [7, 11) is 0. The molecule has 0 saturated carbocycles. The Morgan fingerprint density at radius 2 is 2.00 bits per heavy atom. The fourth-order valence-corrected chi connectivity index (χ4v) is 4.09. The molecule has 0 radical (unpaired) electrons. The van der Waals surface area contributed by atoms with Gasteiger partial charge in [0, 0.05) is 18.0 Å². The smallest absolute Gasteiger partial charge is 0.241 e. The SMILES string of the molecule is O=C(C1CC(c2cccs2)NN1)N1CCc2ccccc2C1. The lowest BCUT2D eigenvalue weighted by molar-refractivity contribution is -0.134. The van der Waals surface area contributed by atoms with E-state index in [0.717, 1.165) is 25.9 Å². The van der Waals surface area contributed by atoms with Gasteiger partial charge in [-0.1, -0.05) is 30.3 Å². The van der Waals surface area contributed by atoms with Crippen LogP contribution in [0.5, 0.6) is 0 Å². The molecule has 1 aromatic carbocycles. The monoisotopic (exact) mass is 313 g/mol. The summed E-state index contributed by atoms with van der Waals surface area (Å²) in [5.74, 6) is 0.209. The third-order valence-electron chi connectivity index (χ3n) is 4.53. The Balaban J connectivity index is 1.43. The van der Waals surface area contributed by atoms with Crippen molar-refractivity contribution in [3.8, 4) is 0 Å². The molecule has 4 rings (SSSR count). The average molecular weight is 313 g/mol. The molecule has 2 atom stereocenters. The van der Waals surface area contributed by atoms with Gasteiger partial charge in [0.25, 0.3) is 0 Å². The number of hydrogen-bond acceptors (Lipinski definition) is 4. The maximum absolute atomic E-state index is 12.8. The highest BCUT2D eigenvalue weighted by molar-refractivity contribution is 7.10. The zero-order valence-electron chi connectivity index (χ0n) is 12.3. The lowest BCUT2D eigenvalue weighted by atomic mass is 9.99. The molecule has 2 aliphatic rings. The van der Waals surface area contributed by atoms with E-state index in [9.17, 15) is 4.79 Å². The summed E-state index contributed by atoms with van der Waals surface area (Å²) in [6.45, 7) is 1.55. The molecule has 1 fully saturated rings. The van der Waals surface area contributed by atoms with Gasteiger partial charge in [-0.2, -0.15) is 0 Å². The molecular weight excluding hydrogens is 294 g/mol. The van der Waals surface area contributed by atoms with E-state index >= 15 is 0 Å². The van der Waals surface area contributed by atoms with Crippen molar-refractivity contribution < 1.29 is 4.79 Å². The summed E-state index contributed by atoms with van der Waals surface area (Å²) in [6, 6.07) is 12.7. The quantitative estimate of drug-likeness (QED) is 0.894. The van der Waals surface area contributed by atoms with Crippen molar-refractivity contribution in [2.45, 2.75) is 31.5 Å². The van der Waals surface area contributed by atoms with E-state index in [1.54, 1.807) is 11.3 Å². The fraction of sp³-hybridized carbons (Fsp3) is 0.353. The van der Waals surface area contributed by atoms with Gasteiger partial charge in [-0.05, 0) is 35.4 Å². The molecule has 1 aromatic heterocycles. The summed E-state index contributed by atoms with van der Waals surface area (Å²) in [5, 5.41) is 2.08. The van der Waals surface area contributed by atoms with Crippen LogP contribution in [0.1, 0.15) is 28.5 Å². The molecule has 2 aromatic rings. The van der Waals surface area contributed by atoms with Crippen LogP contribution >= 0.6 is 11.3 Å². The van der Waals surface area contributed by atoms with Crippen LogP contribution in [0.3, 0.4) is 0 Å². The highest BCUT2D eigenvalue weighted by atomic mass is 32.1. The van der Waals surface area contributed by atoms with Gasteiger partial charge in [0.05, 0.1) is 6.04 Å². The first-order valence-corrected chi connectivity index (χ1v) is 8.59. The minimum Gasteiger partial charge on any atom is -0.337 e. The topological polar surface area (TPSA) is 44.4 Å². The molecule has 0 bridgehead atoms. The van der Waals surface area contributed by atoms with E-state index in [-0.39, 0.29) is 18.0 Å². The van der Waals surface area contributed by atoms with Crippen molar-refractivity contribution in [2.24, 2.45) is 0 Å². The summed E-state index contributed by atoms with van der Waals surface area (Å²) >= 11 is 1.73. The van der Waals surface area contributed by atoms with Crippen LogP contribution in [-0.4, -0.2) is 23.4 Å². The van der Waals surface area contributed by atoms with Gasteiger partial charge in [0.1, 0.15) is 6.04 Å². The number of fused-ring (bicyclic) bond motifs is 1. The minimum atomic E-state index is -0.127. The minimum absolute atomic E-state index is 0.127. The standard InChI is InChI=1S/C17H19N3OS/c21-17(15-10-14(18-19-15)16-6-3-9-22-16)20-8-7-12-4-1-2-5-13(12)11-20/h1-6,9,14-15,18-19H,7-8,10-11H2. The van der Waals surface area contributed by atoms with Gasteiger partial charge < -0.3 is 4.90 Å². The molecule has 2 unspecified atom stereocenters. The van der Waals surface area contributed by atoms with Gasteiger partial charge in [0.15, 0.2) is 0 Å². The molecule has 1 saturated heterocycles. The number of benzene rings is 1. The Kier molecular flexibility index (Phi) is 3.70. The van der Waals surface area contributed by atoms with E-state index < -0.39 is 0 Å². The van der Waals surface area contributed by atoms with E-state index in [1.165, 1.54) is 16.0 Å². The predicted octanol–water partition coefficient (Wildman–Crippen LogP) is 2.24. The zero-order valence-corrected chi connectivity index (χ0v) is 13.1. The average Bonchev–Trinajstić information content (AvgIpc) is 3.24. The van der Waals surface area contributed by atoms with Crippen molar-refractivity contribution in [3.63, 3.8) is 0 Å². The molecule has 4 nitrogen and oxygen atoms in total. The van der Waals surface area contributed by atoms with Gasteiger partial charge >= 0.3 is 0 Å². The molecule has 2 aliphatic heterocycles. The van der Waals surface area contributed by atoms with Gasteiger partial charge in [-0.25, -0.2) is 10.9 Å². The number of hydrogen-bond donors (Lipinski definition) is 2.